The Morgan fingerprint density at radius 1 is 1.56 bits per heavy atom. The van der Waals surface area contributed by atoms with Crippen molar-refractivity contribution in [1.29, 1.82) is 0 Å². The fraction of sp³-hybridized carbons (Fsp3) is 0.500. The van der Waals surface area contributed by atoms with Gasteiger partial charge in [-0.15, -0.1) is 12.4 Å². The van der Waals surface area contributed by atoms with E-state index in [0.717, 1.165) is 11.8 Å². The summed E-state index contributed by atoms with van der Waals surface area (Å²) in [6.07, 6.45) is 0. The Hall–Kier alpha value is -0.0600. The van der Waals surface area contributed by atoms with Gasteiger partial charge in [-0.1, -0.05) is 11.8 Å². The lowest BCUT2D eigenvalue weighted by Crippen LogP contribution is -2.31. The average molecular weight is 168 g/mol. The number of carbonyl (C=O) groups is 2. The Balaban J connectivity index is 0.000000640. The van der Waals surface area contributed by atoms with E-state index in [2.05, 4.69) is 0 Å². The number of Topliss-reactive ketones (excluding diaryl/α,β-unsaturated/α-hetero) is 1. The van der Waals surface area contributed by atoms with E-state index in [9.17, 15) is 9.59 Å². The molecule has 0 saturated carbocycles. The van der Waals surface area contributed by atoms with Crippen molar-refractivity contribution >= 4 is 35.1 Å². The van der Waals surface area contributed by atoms with Gasteiger partial charge in [0.1, 0.15) is 6.04 Å². The van der Waals surface area contributed by atoms with Crippen LogP contribution in [-0.4, -0.2) is 22.7 Å². The lowest BCUT2D eigenvalue weighted by atomic mass is 10.2. The monoisotopic (exact) mass is 167 g/mol. The molecule has 0 radical (unpaired) electrons. The molecule has 1 atom stereocenters. The van der Waals surface area contributed by atoms with Gasteiger partial charge < -0.3 is 5.73 Å². The third-order valence-corrected chi connectivity index (χ3v) is 1.92. The Morgan fingerprint density at radius 3 is 2.22 bits per heavy atom. The van der Waals surface area contributed by atoms with Gasteiger partial charge in [-0.2, -0.15) is 0 Å². The molecule has 0 aliphatic carbocycles. The van der Waals surface area contributed by atoms with E-state index in [1.807, 2.05) is 0 Å². The molecule has 2 N–H and O–H groups in total. The van der Waals surface area contributed by atoms with Crippen molar-refractivity contribution in [2.75, 3.05) is 5.75 Å². The van der Waals surface area contributed by atoms with Crippen molar-refractivity contribution in [3.05, 3.63) is 0 Å². The fourth-order valence-corrected chi connectivity index (χ4v) is 1.23. The first-order valence-electron chi connectivity index (χ1n) is 2.17. The second kappa shape index (κ2) is 3.20. The highest BCUT2D eigenvalue weighted by Gasteiger charge is 2.29. The van der Waals surface area contributed by atoms with Gasteiger partial charge in [0.05, 0.1) is 5.75 Å². The van der Waals surface area contributed by atoms with Crippen molar-refractivity contribution in [1.82, 2.24) is 0 Å². The second-order valence-electron chi connectivity index (χ2n) is 1.55. The summed E-state index contributed by atoms with van der Waals surface area (Å²) in [4.78, 5) is 20.8. The number of hydrogen-bond acceptors (Lipinski definition) is 4. The predicted molar refractivity (Wildman–Crippen MR) is 37.7 cm³/mol. The normalized spacial score (nSPS) is 26.1. The van der Waals surface area contributed by atoms with Gasteiger partial charge in [-0.3, -0.25) is 9.59 Å². The van der Waals surface area contributed by atoms with Gasteiger partial charge in [0.2, 0.25) is 5.12 Å². The molecule has 0 spiro atoms. The van der Waals surface area contributed by atoms with Crippen LogP contribution < -0.4 is 5.73 Å². The summed E-state index contributed by atoms with van der Waals surface area (Å²) < 4.78 is 0. The van der Waals surface area contributed by atoms with Crippen molar-refractivity contribution in [2.45, 2.75) is 6.04 Å². The summed E-state index contributed by atoms with van der Waals surface area (Å²) in [5.41, 5.74) is 5.10. The number of halogens is 1. The maximum absolute atomic E-state index is 10.4. The summed E-state index contributed by atoms with van der Waals surface area (Å²) in [5.74, 6) is 0.111. The van der Waals surface area contributed by atoms with E-state index in [4.69, 9.17) is 5.73 Å². The molecule has 1 aliphatic heterocycles. The summed E-state index contributed by atoms with van der Waals surface area (Å²) in [5, 5.41) is -0.199. The van der Waals surface area contributed by atoms with Gasteiger partial charge in [-0.05, 0) is 0 Å². The number of ketones is 1. The number of hydrogen-bond donors (Lipinski definition) is 1. The van der Waals surface area contributed by atoms with Crippen LogP contribution in [0.3, 0.4) is 0 Å². The molecule has 9 heavy (non-hydrogen) atoms. The SMILES string of the molecule is Cl.NC1C(=O)CSC1=O. The van der Waals surface area contributed by atoms with Crippen LogP contribution in [0.1, 0.15) is 0 Å². The molecular weight excluding hydrogens is 162 g/mol. The molecule has 1 rings (SSSR count). The molecule has 0 aromatic carbocycles. The minimum atomic E-state index is -0.833. The van der Waals surface area contributed by atoms with Crippen LogP contribution in [0, 0.1) is 0 Å². The minimum Gasteiger partial charge on any atom is -0.315 e. The largest absolute Gasteiger partial charge is 0.315 e. The van der Waals surface area contributed by atoms with E-state index in [0.29, 0.717) is 0 Å². The lowest BCUT2D eigenvalue weighted by Gasteiger charge is -1.90. The first-order chi connectivity index (χ1) is 3.72. The number of carbonyl (C=O) groups excluding carboxylic acids is 2. The fourth-order valence-electron chi connectivity index (χ4n) is 0.453. The molecular formula is C4H6ClNO2S. The van der Waals surface area contributed by atoms with Gasteiger partial charge in [-0.25, -0.2) is 0 Å². The molecule has 5 heteroatoms. The highest BCUT2D eigenvalue weighted by atomic mass is 35.5. The van der Waals surface area contributed by atoms with Gasteiger partial charge in [0, 0.05) is 0 Å². The Morgan fingerprint density at radius 2 is 2.11 bits per heavy atom. The van der Waals surface area contributed by atoms with E-state index in [-0.39, 0.29) is 29.1 Å². The smallest absolute Gasteiger partial charge is 0.213 e. The average Bonchev–Trinajstić information content (AvgIpc) is 1.98. The molecule has 1 fully saturated rings. The van der Waals surface area contributed by atoms with Crippen LogP contribution in [0.4, 0.5) is 0 Å². The molecule has 1 saturated heterocycles. The standard InChI is InChI=1S/C4H5NO2S.ClH/c5-3-2(6)1-8-4(3)7;/h3H,1,5H2;1H. The van der Waals surface area contributed by atoms with Crippen molar-refractivity contribution in [3.8, 4) is 0 Å². The second-order valence-corrected chi connectivity index (χ2v) is 2.53. The molecule has 0 aromatic heterocycles. The Labute approximate surface area is 62.8 Å². The van der Waals surface area contributed by atoms with Crippen molar-refractivity contribution in [2.24, 2.45) is 5.73 Å². The number of thioether (sulfide) groups is 1. The van der Waals surface area contributed by atoms with Gasteiger partial charge >= 0.3 is 0 Å². The molecule has 52 valence electrons. The van der Waals surface area contributed by atoms with Crippen molar-refractivity contribution < 1.29 is 9.59 Å². The molecule has 0 aromatic rings. The molecule has 0 amide bonds. The quantitative estimate of drug-likeness (QED) is 0.498. The van der Waals surface area contributed by atoms with Crippen LogP contribution in [-0.2, 0) is 9.59 Å². The predicted octanol–water partition coefficient (Wildman–Crippen LogP) is -0.422. The summed E-state index contributed by atoms with van der Waals surface area (Å²) in [6, 6.07) is -0.833. The van der Waals surface area contributed by atoms with Crippen LogP contribution in [0.15, 0.2) is 0 Å². The number of nitrogens with two attached hydrogens (primary N) is 1. The van der Waals surface area contributed by atoms with E-state index in [1.165, 1.54) is 0 Å². The minimum absolute atomic E-state index is 0. The maximum Gasteiger partial charge on any atom is 0.213 e. The third kappa shape index (κ3) is 1.67. The Kier molecular flexibility index (Phi) is 3.17. The van der Waals surface area contributed by atoms with Crippen LogP contribution >= 0.6 is 24.2 Å². The summed E-state index contributed by atoms with van der Waals surface area (Å²) in [6.45, 7) is 0. The third-order valence-electron chi connectivity index (χ3n) is 0.958. The molecule has 1 unspecified atom stereocenters. The zero-order valence-corrected chi connectivity index (χ0v) is 6.13. The molecule has 1 heterocycles. The first-order valence-corrected chi connectivity index (χ1v) is 3.15. The lowest BCUT2D eigenvalue weighted by molar-refractivity contribution is -0.121. The summed E-state index contributed by atoms with van der Waals surface area (Å²) >= 11 is 1.000. The van der Waals surface area contributed by atoms with Crippen LogP contribution in [0.25, 0.3) is 0 Å². The highest BCUT2D eigenvalue weighted by Crippen LogP contribution is 2.13. The first kappa shape index (κ1) is 8.94. The van der Waals surface area contributed by atoms with Gasteiger partial charge in [0.15, 0.2) is 5.78 Å². The maximum atomic E-state index is 10.4. The Bertz CT molecular complexity index is 134. The van der Waals surface area contributed by atoms with E-state index in [1.54, 1.807) is 0 Å². The zero-order valence-electron chi connectivity index (χ0n) is 4.49. The van der Waals surface area contributed by atoms with Crippen molar-refractivity contribution in [3.63, 3.8) is 0 Å². The summed E-state index contributed by atoms with van der Waals surface area (Å²) in [7, 11) is 0. The van der Waals surface area contributed by atoms with E-state index >= 15 is 0 Å². The highest BCUT2D eigenvalue weighted by molar-refractivity contribution is 8.15. The number of rotatable bonds is 0. The van der Waals surface area contributed by atoms with Gasteiger partial charge in [0.25, 0.3) is 0 Å². The van der Waals surface area contributed by atoms with Crippen LogP contribution in [0.2, 0.25) is 0 Å². The topological polar surface area (TPSA) is 60.2 Å². The molecule has 3 nitrogen and oxygen atoms in total. The molecule has 0 bridgehead atoms. The van der Waals surface area contributed by atoms with E-state index < -0.39 is 6.04 Å². The molecule has 1 aliphatic rings. The van der Waals surface area contributed by atoms with Crippen LogP contribution in [0.5, 0.6) is 0 Å². The zero-order chi connectivity index (χ0) is 6.15.